The molecule has 37 heteroatoms. The van der Waals surface area contributed by atoms with Gasteiger partial charge in [0.15, 0.2) is 0 Å². The minimum atomic E-state index is -0.163. The van der Waals surface area contributed by atoms with E-state index in [1.54, 1.807) is 33.3 Å². The molecule has 2 unspecified atom stereocenters. The summed E-state index contributed by atoms with van der Waals surface area (Å²) in [5.41, 5.74) is 125. The summed E-state index contributed by atoms with van der Waals surface area (Å²) < 4.78 is 30.8. The van der Waals surface area contributed by atoms with Gasteiger partial charge in [-0.2, -0.15) is 11.8 Å². The predicted octanol–water partition coefficient (Wildman–Crippen LogP) is 2.43. The van der Waals surface area contributed by atoms with Crippen LogP contribution in [0.5, 0.6) is 0 Å². The smallest absolute Gasteiger partial charge is 0.0701 e. The van der Waals surface area contributed by atoms with Crippen molar-refractivity contribution < 1.29 is 28.4 Å². The van der Waals surface area contributed by atoms with Gasteiger partial charge in [0.2, 0.25) is 0 Å². The Balaban J connectivity index is -0.000000148. The number of nitrogens with two attached hydrogens (primary N) is 23. The number of ether oxygens (including phenoxy) is 6. The molecule has 2 aromatic carbocycles. The average Bonchev–Trinajstić information content (AvgIpc) is 0.858. The summed E-state index contributed by atoms with van der Waals surface area (Å²) in [6, 6.07) is 19.6. The number of unbranched alkanes of at least 4 members (excludes halogenated alkanes) is 14. The Morgan fingerprint density at radius 3 is 0.772 bits per heavy atom. The topological polar surface area (TPSA) is 705 Å². The van der Waals surface area contributed by atoms with Crippen molar-refractivity contribution in [2.24, 2.45) is 132 Å². The van der Waals surface area contributed by atoms with Crippen molar-refractivity contribution in [2.75, 3.05) is 312 Å². The van der Waals surface area contributed by atoms with E-state index in [9.17, 15) is 0 Å². The lowest BCUT2D eigenvalue weighted by Crippen LogP contribution is -2.28. The van der Waals surface area contributed by atoms with Crippen LogP contribution in [0.25, 0.3) is 0 Å². The number of thioether (sulfide) groups is 1. The van der Waals surface area contributed by atoms with Crippen LogP contribution in [-0.4, -0.2) is 317 Å². The number of nitrogens with zero attached hydrogens (tertiary/aromatic N) is 1. The van der Waals surface area contributed by atoms with Gasteiger partial charge in [-0.15, -0.1) is 0 Å². The monoisotopic (exact) mass is 1880 g/mol. The normalized spacial score (nSPS) is 10.8. The molecule has 0 saturated carbocycles. The summed E-state index contributed by atoms with van der Waals surface area (Å²) in [6.07, 6.45) is 32.0. The largest absolute Gasteiger partial charge is 0.381 e. The SMILES string of the molecule is CCCCN(C)CCCN.NC(c1ccccc1)C(N)c1ccccc1.NCCCCCCCCNCCCN.NCCCCCCCN.NCCCCCCNCCCN.NCCCOCCCCOCCCN.NCCCOCCCN.NCCNCCCNCCN.NCCOCCN.NCCOCCOCCN.NCCSCCN.NCCSSCCN. The van der Waals surface area contributed by atoms with Crippen molar-refractivity contribution >= 4 is 33.3 Å². The van der Waals surface area contributed by atoms with Crippen molar-refractivity contribution in [1.29, 1.82) is 0 Å². The first-order valence-corrected chi connectivity index (χ1v) is 52.0. The second-order valence-corrected chi connectivity index (χ2v) is 32.8. The molecule has 50 N–H and O–H groups in total. The average molecular weight is 1880 g/mol. The molecule has 0 heterocycles. The van der Waals surface area contributed by atoms with E-state index in [-0.39, 0.29) is 12.1 Å². The van der Waals surface area contributed by atoms with Crippen LogP contribution in [0.1, 0.15) is 203 Å². The van der Waals surface area contributed by atoms with Crippen LogP contribution in [0.2, 0.25) is 0 Å². The molecular weight excluding hydrogens is 1670 g/mol. The van der Waals surface area contributed by atoms with Crippen molar-refractivity contribution in [2.45, 2.75) is 192 Å². The third-order valence-electron chi connectivity index (χ3n) is 16.6. The lowest BCUT2D eigenvalue weighted by molar-refractivity contribution is 0.0538. The first kappa shape index (κ1) is 145. The van der Waals surface area contributed by atoms with Crippen molar-refractivity contribution in [3.8, 4) is 0 Å². The van der Waals surface area contributed by atoms with E-state index in [4.69, 9.17) is 160 Å². The van der Waals surface area contributed by atoms with Gasteiger partial charge in [0.25, 0.3) is 0 Å². The molecule has 0 aromatic heterocycles. The first-order valence-electron chi connectivity index (χ1n) is 48.4. The molecule has 0 saturated heterocycles. The number of nitrogens with one attached hydrogen (secondary N) is 4. The van der Waals surface area contributed by atoms with Gasteiger partial charge >= 0.3 is 0 Å². The molecule has 770 valence electrons. The second kappa shape index (κ2) is 155. The molecule has 127 heavy (non-hydrogen) atoms. The highest BCUT2D eigenvalue weighted by Crippen LogP contribution is 2.24. The Hall–Kier alpha value is -1.87. The fourth-order valence-electron chi connectivity index (χ4n) is 9.53. The minimum Gasteiger partial charge on any atom is -0.381 e. The van der Waals surface area contributed by atoms with E-state index in [2.05, 4.69) is 40.1 Å². The molecule has 2 rings (SSSR count). The maximum atomic E-state index is 6.15. The summed E-state index contributed by atoms with van der Waals surface area (Å²) in [5.74, 6) is 4.14. The van der Waals surface area contributed by atoms with Crippen LogP contribution in [0.4, 0.5) is 0 Å². The van der Waals surface area contributed by atoms with E-state index < -0.39 is 0 Å². The lowest BCUT2D eigenvalue weighted by atomic mass is 9.95. The summed E-state index contributed by atoms with van der Waals surface area (Å²) in [6.45, 7) is 36.7. The maximum absolute atomic E-state index is 6.15. The van der Waals surface area contributed by atoms with Crippen molar-refractivity contribution in [3.05, 3.63) is 71.8 Å². The Kier molecular flexibility index (Phi) is 178. The molecule has 34 nitrogen and oxygen atoms in total. The Bertz CT molecular complexity index is 1800. The van der Waals surface area contributed by atoms with Crippen LogP contribution in [0, 0.1) is 0 Å². The molecule has 0 spiro atoms. The zero-order valence-electron chi connectivity index (χ0n) is 81.7. The van der Waals surface area contributed by atoms with Gasteiger partial charge in [-0.1, -0.05) is 153 Å². The van der Waals surface area contributed by atoms with Crippen LogP contribution in [0.3, 0.4) is 0 Å². The van der Waals surface area contributed by atoms with Gasteiger partial charge in [-0.3, -0.25) is 0 Å². The van der Waals surface area contributed by atoms with E-state index in [1.807, 2.05) is 60.7 Å². The lowest BCUT2D eigenvalue weighted by Gasteiger charge is -2.20. The molecule has 0 aliphatic carbocycles. The van der Waals surface area contributed by atoms with Crippen LogP contribution in [0.15, 0.2) is 60.7 Å². The molecule has 0 fully saturated rings. The van der Waals surface area contributed by atoms with Gasteiger partial charge in [0, 0.05) is 153 Å². The minimum absolute atomic E-state index is 0.163. The molecular formula is C90H216N28O6S3. The zero-order chi connectivity index (χ0) is 96.5. The zero-order valence-corrected chi connectivity index (χ0v) is 84.1. The van der Waals surface area contributed by atoms with Crippen LogP contribution >= 0.6 is 33.3 Å². The van der Waals surface area contributed by atoms with E-state index in [1.165, 1.54) is 116 Å². The van der Waals surface area contributed by atoms with Crippen molar-refractivity contribution in [1.82, 2.24) is 26.2 Å². The molecule has 0 aliphatic rings. The molecule has 0 bridgehead atoms. The van der Waals surface area contributed by atoms with E-state index in [0.717, 1.165) is 282 Å². The molecule has 0 amide bonds. The standard InChI is InChI=1S/C14H16N2.C11H27N3.C10H24N2O2.C9H23N3.C8H20N2.C7H20N4.C7H18N2.C6H16N2O2.C6H16N2O.C4H12N2O.C4H12N2S2.C4H12N2S/c15-13(11-7-3-1-4-8-11)14(16)12-9-5-2-6-10-12;12-8-5-3-1-2-4-6-10-14-11-7-9-13;11-5-3-9-13-7-1-2-8-14-10-4-6-12;10-6-3-1-2-4-8-12-9-5-7-11;1-3-4-7-10(2)8-5-6-9;8-2-6-10-4-1-5-11-7-3-9;8-6-4-2-1-3-5-7-9;7-1-3-9-5-6-10-4-2-8;7-3-1-5-9-6-2-4-8;5-1-3-7-4-2-6;5-1-3-7-8-4-2-6;5-1-3-7-4-2-6/h1-10,13-14H,15-16H2;14H,1-13H2;1-12H2;12H,1-11H2;3-9H2,1-2H3;10-11H,1-9H2;1-9H2;1-8H2;1-8H2;1-6H2;1-6H2;1-6H2. The second-order valence-electron chi connectivity index (χ2n) is 28.9. The summed E-state index contributed by atoms with van der Waals surface area (Å²) in [4.78, 5) is 2.34. The summed E-state index contributed by atoms with van der Waals surface area (Å²) in [7, 11) is 5.74. The summed E-state index contributed by atoms with van der Waals surface area (Å²) in [5, 5.41) is 13.2. The van der Waals surface area contributed by atoms with Gasteiger partial charge in [-0.25, -0.2) is 0 Å². The van der Waals surface area contributed by atoms with E-state index in [0.29, 0.717) is 92.0 Å². The fourth-order valence-corrected chi connectivity index (χ4v) is 11.8. The molecule has 2 atom stereocenters. The quantitative estimate of drug-likeness (QED) is 0.0334. The van der Waals surface area contributed by atoms with Crippen LogP contribution < -0.4 is 153 Å². The molecule has 0 aliphatic heterocycles. The Labute approximate surface area is 791 Å². The van der Waals surface area contributed by atoms with Crippen LogP contribution in [-0.2, 0) is 28.4 Å². The predicted molar refractivity (Wildman–Crippen MR) is 563 cm³/mol. The fraction of sp³-hybridized carbons (Fsp3) is 0.867. The molecule has 2 aromatic rings. The van der Waals surface area contributed by atoms with E-state index >= 15 is 0 Å². The Morgan fingerprint density at radius 2 is 0.488 bits per heavy atom. The highest BCUT2D eigenvalue weighted by Gasteiger charge is 2.16. The van der Waals surface area contributed by atoms with Gasteiger partial charge < -0.3 is 186 Å². The van der Waals surface area contributed by atoms with Gasteiger partial charge in [-0.05, 0) is 252 Å². The van der Waals surface area contributed by atoms with Gasteiger partial charge in [0.05, 0.1) is 39.6 Å². The highest BCUT2D eigenvalue weighted by molar-refractivity contribution is 8.76. The molecule has 0 radical (unpaired) electrons. The maximum Gasteiger partial charge on any atom is 0.0701 e. The first-order chi connectivity index (χ1) is 62.2. The number of hydrogen-bond donors (Lipinski definition) is 27. The Morgan fingerprint density at radius 1 is 0.236 bits per heavy atom. The van der Waals surface area contributed by atoms with Gasteiger partial charge in [0.1, 0.15) is 0 Å². The number of rotatable bonds is 80. The third kappa shape index (κ3) is 168. The number of benzene rings is 2. The van der Waals surface area contributed by atoms with Crippen molar-refractivity contribution in [3.63, 3.8) is 0 Å². The summed E-state index contributed by atoms with van der Waals surface area (Å²) >= 11 is 1.80. The number of hydrogen-bond acceptors (Lipinski definition) is 37. The highest BCUT2D eigenvalue weighted by atomic mass is 33.1. The third-order valence-corrected chi connectivity index (χ3v) is 20.1.